The highest BCUT2D eigenvalue weighted by molar-refractivity contribution is 9.10. The predicted molar refractivity (Wildman–Crippen MR) is 51.7 cm³/mol. The minimum atomic E-state index is -3.39. The van der Waals surface area contributed by atoms with Gasteiger partial charge in [0.15, 0.2) is 5.65 Å². The number of hydrogen-bond acceptors (Lipinski definition) is 3. The number of halogens is 3. The monoisotopic (exact) mass is 277 g/mol. The normalized spacial score (nSPS) is 12.3. The number of alkyl halides is 2. The maximum atomic E-state index is 13.2. The van der Waals surface area contributed by atoms with Crippen molar-refractivity contribution in [2.24, 2.45) is 0 Å². The molecule has 2 rings (SSSR count). The zero-order valence-electron chi connectivity index (χ0n) is 7.36. The molecule has 0 amide bonds. The summed E-state index contributed by atoms with van der Waals surface area (Å²) in [6.45, 7) is -1.29. The highest BCUT2D eigenvalue weighted by atomic mass is 79.9. The number of nitrogens with zero attached hydrogens (tertiary/aromatic N) is 3. The fraction of sp³-hybridized carbons (Fsp3) is 0.250. The van der Waals surface area contributed by atoms with Crippen molar-refractivity contribution in [3.05, 3.63) is 28.6 Å². The van der Waals surface area contributed by atoms with Crippen LogP contribution in [0.5, 0.6) is 0 Å². The molecule has 0 bridgehead atoms. The number of fused-ring (bicyclic) bond motifs is 1. The van der Waals surface area contributed by atoms with Crippen LogP contribution in [0.3, 0.4) is 0 Å². The topological polar surface area (TPSA) is 50.4 Å². The first-order valence-corrected chi connectivity index (χ1v) is 4.83. The van der Waals surface area contributed by atoms with E-state index in [1.54, 1.807) is 12.1 Å². The summed E-state index contributed by atoms with van der Waals surface area (Å²) >= 11 is 3.16. The predicted octanol–water partition coefficient (Wildman–Crippen LogP) is 1.58. The van der Waals surface area contributed by atoms with Crippen molar-refractivity contribution >= 4 is 21.6 Å². The molecule has 7 heteroatoms. The summed E-state index contributed by atoms with van der Waals surface area (Å²) in [5.74, 6) is -3.96. The van der Waals surface area contributed by atoms with Gasteiger partial charge in [0, 0.05) is 10.7 Å². The summed E-state index contributed by atoms with van der Waals surface area (Å²) in [6.07, 6.45) is 1.42. The summed E-state index contributed by atoms with van der Waals surface area (Å²) in [6, 6.07) is 3.22. The van der Waals surface area contributed by atoms with Gasteiger partial charge in [-0.2, -0.15) is 8.78 Å². The van der Waals surface area contributed by atoms with E-state index in [1.165, 1.54) is 6.20 Å². The van der Waals surface area contributed by atoms with E-state index in [-0.39, 0.29) is 0 Å². The Hall–Kier alpha value is -1.08. The third-order valence-electron chi connectivity index (χ3n) is 1.89. The molecule has 80 valence electrons. The SMILES string of the molecule is OCC(F)(F)c1nnc2ccc(Br)cn12. The van der Waals surface area contributed by atoms with Gasteiger partial charge in [0.2, 0.25) is 5.82 Å². The molecular weight excluding hydrogens is 272 g/mol. The number of aromatic nitrogens is 3. The molecule has 2 aromatic rings. The number of aliphatic hydroxyl groups is 1. The highest BCUT2D eigenvalue weighted by Gasteiger charge is 2.36. The van der Waals surface area contributed by atoms with Gasteiger partial charge in [0.1, 0.15) is 6.61 Å². The molecule has 0 fully saturated rings. The number of pyridine rings is 1. The third kappa shape index (κ3) is 1.72. The van der Waals surface area contributed by atoms with Gasteiger partial charge < -0.3 is 5.11 Å². The van der Waals surface area contributed by atoms with Crippen LogP contribution in [0.25, 0.3) is 5.65 Å². The Balaban J connectivity index is 2.67. The Labute approximate surface area is 91.7 Å². The second-order valence-corrected chi connectivity index (χ2v) is 3.88. The van der Waals surface area contributed by atoms with Crippen LogP contribution in [0, 0.1) is 0 Å². The van der Waals surface area contributed by atoms with Gasteiger partial charge in [0.25, 0.3) is 0 Å². The van der Waals surface area contributed by atoms with Crippen molar-refractivity contribution < 1.29 is 13.9 Å². The van der Waals surface area contributed by atoms with Crippen molar-refractivity contribution in [3.63, 3.8) is 0 Å². The van der Waals surface area contributed by atoms with E-state index in [1.807, 2.05) is 0 Å². The molecule has 0 radical (unpaired) electrons. The molecule has 1 N–H and O–H groups in total. The van der Waals surface area contributed by atoms with Crippen molar-refractivity contribution in [2.45, 2.75) is 5.92 Å². The third-order valence-corrected chi connectivity index (χ3v) is 2.36. The lowest BCUT2D eigenvalue weighted by Gasteiger charge is -2.10. The van der Waals surface area contributed by atoms with E-state index in [2.05, 4.69) is 26.1 Å². The van der Waals surface area contributed by atoms with Crippen LogP contribution < -0.4 is 0 Å². The van der Waals surface area contributed by atoms with E-state index in [4.69, 9.17) is 5.11 Å². The molecule has 0 aromatic carbocycles. The first kappa shape index (κ1) is 10.4. The maximum Gasteiger partial charge on any atom is 0.329 e. The van der Waals surface area contributed by atoms with E-state index >= 15 is 0 Å². The minimum Gasteiger partial charge on any atom is -0.390 e. The van der Waals surface area contributed by atoms with Gasteiger partial charge in [-0.1, -0.05) is 0 Å². The lowest BCUT2D eigenvalue weighted by molar-refractivity contribution is -0.0638. The van der Waals surface area contributed by atoms with Crippen LogP contribution in [0.1, 0.15) is 5.82 Å². The van der Waals surface area contributed by atoms with Gasteiger partial charge >= 0.3 is 5.92 Å². The molecule has 0 atom stereocenters. The Bertz CT molecular complexity index is 500. The van der Waals surface area contributed by atoms with Crippen LogP contribution in [0.2, 0.25) is 0 Å². The van der Waals surface area contributed by atoms with Crippen LogP contribution in [-0.2, 0) is 5.92 Å². The molecule has 0 aliphatic carbocycles. The molecule has 2 heterocycles. The van der Waals surface area contributed by atoms with Gasteiger partial charge in [-0.3, -0.25) is 4.40 Å². The van der Waals surface area contributed by atoms with Crippen molar-refractivity contribution in [1.29, 1.82) is 0 Å². The smallest absolute Gasteiger partial charge is 0.329 e. The Morgan fingerprint density at radius 3 is 2.80 bits per heavy atom. The van der Waals surface area contributed by atoms with E-state index < -0.39 is 18.4 Å². The zero-order chi connectivity index (χ0) is 11.1. The zero-order valence-corrected chi connectivity index (χ0v) is 8.95. The first-order valence-electron chi connectivity index (χ1n) is 4.04. The number of rotatable bonds is 2. The van der Waals surface area contributed by atoms with Gasteiger partial charge in [-0.25, -0.2) is 0 Å². The standard InChI is InChI=1S/C8H6BrF2N3O/c9-5-1-2-6-12-13-7(14(6)3-5)8(10,11)4-15/h1-3,15H,4H2. The molecule has 0 unspecified atom stereocenters. The fourth-order valence-electron chi connectivity index (χ4n) is 1.18. The number of hydrogen-bond donors (Lipinski definition) is 1. The van der Waals surface area contributed by atoms with Gasteiger partial charge in [-0.15, -0.1) is 10.2 Å². The average molecular weight is 278 g/mol. The first-order chi connectivity index (χ1) is 7.04. The summed E-state index contributed by atoms with van der Waals surface area (Å²) < 4.78 is 28.2. The lowest BCUT2D eigenvalue weighted by Crippen LogP contribution is -2.22. The summed E-state index contributed by atoms with van der Waals surface area (Å²) in [7, 11) is 0. The summed E-state index contributed by atoms with van der Waals surface area (Å²) in [5.41, 5.74) is 0.307. The van der Waals surface area contributed by atoms with Gasteiger partial charge in [-0.05, 0) is 28.1 Å². The Morgan fingerprint density at radius 1 is 1.40 bits per heavy atom. The Morgan fingerprint density at radius 2 is 2.13 bits per heavy atom. The van der Waals surface area contributed by atoms with Crippen molar-refractivity contribution in [3.8, 4) is 0 Å². The fourth-order valence-corrected chi connectivity index (χ4v) is 1.52. The van der Waals surface area contributed by atoms with E-state index in [9.17, 15) is 8.78 Å². The molecule has 15 heavy (non-hydrogen) atoms. The summed E-state index contributed by atoms with van der Waals surface area (Å²) in [4.78, 5) is 0. The largest absolute Gasteiger partial charge is 0.390 e. The molecule has 0 aliphatic rings. The molecule has 4 nitrogen and oxygen atoms in total. The average Bonchev–Trinajstić information content (AvgIpc) is 2.61. The van der Waals surface area contributed by atoms with Crippen LogP contribution in [0.15, 0.2) is 22.8 Å². The van der Waals surface area contributed by atoms with Crippen molar-refractivity contribution in [2.75, 3.05) is 6.61 Å². The molecule has 2 aromatic heterocycles. The van der Waals surface area contributed by atoms with Crippen LogP contribution in [0.4, 0.5) is 8.78 Å². The second kappa shape index (κ2) is 3.49. The lowest BCUT2D eigenvalue weighted by atomic mass is 10.3. The molecular formula is C8H6BrF2N3O. The van der Waals surface area contributed by atoms with E-state index in [0.29, 0.717) is 10.1 Å². The number of aliphatic hydroxyl groups excluding tert-OH is 1. The van der Waals surface area contributed by atoms with Crippen LogP contribution >= 0.6 is 15.9 Å². The molecule has 0 spiro atoms. The quantitative estimate of drug-likeness (QED) is 0.907. The van der Waals surface area contributed by atoms with Crippen LogP contribution in [-0.4, -0.2) is 26.3 Å². The van der Waals surface area contributed by atoms with Gasteiger partial charge in [0.05, 0.1) is 0 Å². The van der Waals surface area contributed by atoms with Crippen molar-refractivity contribution in [1.82, 2.24) is 14.6 Å². The second-order valence-electron chi connectivity index (χ2n) is 2.96. The molecule has 0 saturated carbocycles. The maximum absolute atomic E-state index is 13.2. The molecule has 0 aliphatic heterocycles. The Kier molecular flexibility index (Phi) is 2.43. The summed E-state index contributed by atoms with van der Waals surface area (Å²) in [5, 5.41) is 15.5. The van der Waals surface area contributed by atoms with E-state index in [0.717, 1.165) is 4.40 Å². The highest BCUT2D eigenvalue weighted by Crippen LogP contribution is 2.26. The minimum absolute atomic E-state index is 0.307. The molecule has 0 saturated heterocycles.